The van der Waals surface area contributed by atoms with Gasteiger partial charge in [0.1, 0.15) is 6.10 Å². The molecule has 2 N–H and O–H groups in total. The van der Waals surface area contributed by atoms with E-state index in [1.807, 2.05) is 42.3 Å². The number of ether oxygens (including phenoxy) is 1. The normalized spacial score (nSPS) is 21.0. The standard InChI is InChI=1S/C15H20N2O4/c1-17(11-5-3-2-4-6-11)10-9-16-14(18)12-7-8-13(21-12)15(19)20/h2-6,12-13H,7-10H2,1H3,(H,16,18)(H,19,20). The van der Waals surface area contributed by atoms with E-state index in [1.54, 1.807) is 0 Å². The average Bonchev–Trinajstić information content (AvgIpc) is 2.98. The van der Waals surface area contributed by atoms with Gasteiger partial charge in [-0.25, -0.2) is 4.79 Å². The smallest absolute Gasteiger partial charge is 0.332 e. The number of anilines is 1. The summed E-state index contributed by atoms with van der Waals surface area (Å²) in [6, 6.07) is 9.87. The Kier molecular flexibility index (Phi) is 5.16. The highest BCUT2D eigenvalue weighted by Gasteiger charge is 2.34. The zero-order chi connectivity index (χ0) is 15.2. The molecule has 2 rings (SSSR count). The number of carboxylic acid groups (broad SMARTS) is 1. The van der Waals surface area contributed by atoms with Crippen molar-refractivity contribution >= 4 is 17.6 Å². The summed E-state index contributed by atoms with van der Waals surface area (Å²) in [6.07, 6.45) is -0.657. The van der Waals surface area contributed by atoms with Gasteiger partial charge in [0.2, 0.25) is 5.91 Å². The highest BCUT2D eigenvalue weighted by atomic mass is 16.5. The molecule has 0 spiro atoms. The summed E-state index contributed by atoms with van der Waals surface area (Å²) in [4.78, 5) is 24.7. The van der Waals surface area contributed by atoms with Crippen molar-refractivity contribution in [2.75, 3.05) is 25.0 Å². The monoisotopic (exact) mass is 292 g/mol. The third-order valence-corrected chi connectivity index (χ3v) is 3.53. The minimum Gasteiger partial charge on any atom is -0.479 e. The molecular weight excluding hydrogens is 272 g/mol. The van der Waals surface area contributed by atoms with Crippen molar-refractivity contribution in [3.63, 3.8) is 0 Å². The molecule has 21 heavy (non-hydrogen) atoms. The van der Waals surface area contributed by atoms with Gasteiger partial charge in [0.25, 0.3) is 0 Å². The zero-order valence-electron chi connectivity index (χ0n) is 12.0. The first-order chi connectivity index (χ1) is 10.1. The number of hydrogen-bond acceptors (Lipinski definition) is 4. The summed E-state index contributed by atoms with van der Waals surface area (Å²) in [7, 11) is 1.95. The minimum absolute atomic E-state index is 0.236. The Morgan fingerprint density at radius 3 is 2.57 bits per heavy atom. The fourth-order valence-electron chi connectivity index (χ4n) is 2.28. The Bertz CT molecular complexity index is 492. The lowest BCUT2D eigenvalue weighted by atomic mass is 10.2. The van der Waals surface area contributed by atoms with Crippen LogP contribution in [0.1, 0.15) is 12.8 Å². The number of nitrogens with one attached hydrogen (secondary N) is 1. The Morgan fingerprint density at radius 2 is 1.95 bits per heavy atom. The fourth-order valence-corrected chi connectivity index (χ4v) is 2.28. The molecule has 1 saturated heterocycles. The van der Waals surface area contributed by atoms with Gasteiger partial charge in [0.05, 0.1) is 0 Å². The van der Waals surface area contributed by atoms with E-state index in [9.17, 15) is 9.59 Å². The second kappa shape index (κ2) is 7.08. The number of carbonyl (C=O) groups is 2. The van der Waals surface area contributed by atoms with Gasteiger partial charge in [0, 0.05) is 25.8 Å². The van der Waals surface area contributed by atoms with Gasteiger partial charge in [-0.15, -0.1) is 0 Å². The van der Waals surface area contributed by atoms with E-state index in [0.29, 0.717) is 25.9 Å². The molecule has 1 aliphatic heterocycles. The molecule has 2 unspecified atom stereocenters. The van der Waals surface area contributed by atoms with Crippen LogP contribution in [0.25, 0.3) is 0 Å². The van der Waals surface area contributed by atoms with Crippen LogP contribution in [0.3, 0.4) is 0 Å². The number of rotatable bonds is 6. The average molecular weight is 292 g/mol. The Labute approximate surface area is 123 Å². The SMILES string of the molecule is CN(CCNC(=O)C1CCC(C(=O)O)O1)c1ccccc1. The van der Waals surface area contributed by atoms with E-state index in [1.165, 1.54) is 0 Å². The number of hydrogen-bond donors (Lipinski definition) is 2. The van der Waals surface area contributed by atoms with Crippen molar-refractivity contribution in [3.8, 4) is 0 Å². The Hall–Kier alpha value is -2.08. The van der Waals surface area contributed by atoms with E-state index in [4.69, 9.17) is 9.84 Å². The number of benzene rings is 1. The molecule has 1 aliphatic rings. The van der Waals surface area contributed by atoms with Gasteiger partial charge in [-0.3, -0.25) is 4.79 Å². The Balaban J connectivity index is 1.71. The van der Waals surface area contributed by atoms with E-state index in [2.05, 4.69) is 5.32 Å². The van der Waals surface area contributed by atoms with Gasteiger partial charge < -0.3 is 20.1 Å². The topological polar surface area (TPSA) is 78.9 Å². The lowest BCUT2D eigenvalue weighted by molar-refractivity contribution is -0.151. The molecule has 0 aromatic heterocycles. The molecule has 0 aliphatic carbocycles. The first-order valence-corrected chi connectivity index (χ1v) is 7.00. The highest BCUT2D eigenvalue weighted by molar-refractivity contribution is 5.82. The molecule has 0 radical (unpaired) electrons. The second-order valence-electron chi connectivity index (χ2n) is 5.08. The number of carbonyl (C=O) groups excluding carboxylic acids is 1. The third kappa shape index (κ3) is 4.19. The summed E-state index contributed by atoms with van der Waals surface area (Å²) in [5.41, 5.74) is 1.08. The molecule has 2 atom stereocenters. The van der Waals surface area contributed by atoms with Crippen molar-refractivity contribution in [1.29, 1.82) is 0 Å². The minimum atomic E-state index is -1.01. The summed E-state index contributed by atoms with van der Waals surface area (Å²) in [5.74, 6) is -1.24. The van der Waals surface area contributed by atoms with Gasteiger partial charge in [-0.1, -0.05) is 18.2 Å². The van der Waals surface area contributed by atoms with Crippen LogP contribution in [-0.2, 0) is 14.3 Å². The van der Waals surface area contributed by atoms with Crippen LogP contribution in [0.15, 0.2) is 30.3 Å². The van der Waals surface area contributed by atoms with Crippen LogP contribution in [0.2, 0.25) is 0 Å². The number of aliphatic carboxylic acids is 1. The van der Waals surface area contributed by atoms with Gasteiger partial charge in [-0.2, -0.15) is 0 Å². The van der Waals surface area contributed by atoms with E-state index in [-0.39, 0.29) is 5.91 Å². The van der Waals surface area contributed by atoms with E-state index >= 15 is 0 Å². The maximum absolute atomic E-state index is 11.9. The van der Waals surface area contributed by atoms with Gasteiger partial charge in [-0.05, 0) is 25.0 Å². The predicted molar refractivity (Wildman–Crippen MR) is 78.3 cm³/mol. The van der Waals surface area contributed by atoms with Crippen molar-refractivity contribution in [3.05, 3.63) is 30.3 Å². The van der Waals surface area contributed by atoms with Crippen LogP contribution in [0, 0.1) is 0 Å². The lowest BCUT2D eigenvalue weighted by Crippen LogP contribution is -2.39. The summed E-state index contributed by atoms with van der Waals surface area (Å²) in [5, 5.41) is 11.6. The van der Waals surface area contributed by atoms with Crippen LogP contribution in [0.4, 0.5) is 5.69 Å². The maximum atomic E-state index is 11.9. The van der Waals surface area contributed by atoms with Crippen LogP contribution >= 0.6 is 0 Å². The molecule has 1 aromatic rings. The summed E-state index contributed by atoms with van der Waals surface area (Å²) in [6.45, 7) is 1.16. The number of amides is 1. The van der Waals surface area contributed by atoms with Crippen molar-refractivity contribution in [2.24, 2.45) is 0 Å². The van der Waals surface area contributed by atoms with E-state index < -0.39 is 18.2 Å². The molecule has 1 heterocycles. The molecule has 6 nitrogen and oxygen atoms in total. The molecule has 1 fully saturated rings. The molecule has 1 amide bonds. The molecule has 0 saturated carbocycles. The van der Waals surface area contributed by atoms with Crippen LogP contribution < -0.4 is 10.2 Å². The molecule has 6 heteroatoms. The number of likely N-dealkylation sites (N-methyl/N-ethyl adjacent to an activating group) is 1. The van der Waals surface area contributed by atoms with Crippen molar-refractivity contribution in [2.45, 2.75) is 25.0 Å². The molecule has 0 bridgehead atoms. The zero-order valence-corrected chi connectivity index (χ0v) is 12.0. The third-order valence-electron chi connectivity index (χ3n) is 3.53. The largest absolute Gasteiger partial charge is 0.479 e. The quantitative estimate of drug-likeness (QED) is 0.813. The lowest BCUT2D eigenvalue weighted by Gasteiger charge is -2.20. The molecule has 114 valence electrons. The van der Waals surface area contributed by atoms with Crippen LogP contribution in [0.5, 0.6) is 0 Å². The first kappa shape index (κ1) is 15.3. The van der Waals surface area contributed by atoms with Crippen LogP contribution in [-0.4, -0.2) is 49.3 Å². The second-order valence-corrected chi connectivity index (χ2v) is 5.08. The highest BCUT2D eigenvalue weighted by Crippen LogP contribution is 2.19. The van der Waals surface area contributed by atoms with Gasteiger partial charge in [0.15, 0.2) is 6.10 Å². The van der Waals surface area contributed by atoms with Crippen molar-refractivity contribution in [1.82, 2.24) is 5.32 Å². The first-order valence-electron chi connectivity index (χ1n) is 7.00. The fraction of sp³-hybridized carbons (Fsp3) is 0.467. The van der Waals surface area contributed by atoms with E-state index in [0.717, 1.165) is 5.69 Å². The molecule has 1 aromatic carbocycles. The van der Waals surface area contributed by atoms with Gasteiger partial charge >= 0.3 is 5.97 Å². The predicted octanol–water partition coefficient (Wildman–Crippen LogP) is 0.871. The maximum Gasteiger partial charge on any atom is 0.332 e. The summed E-state index contributed by atoms with van der Waals surface area (Å²) >= 11 is 0. The number of para-hydroxylation sites is 1. The Morgan fingerprint density at radius 1 is 1.29 bits per heavy atom. The number of carboxylic acids is 1. The molecular formula is C15H20N2O4. The number of nitrogens with zero attached hydrogens (tertiary/aromatic N) is 1. The van der Waals surface area contributed by atoms with Crippen molar-refractivity contribution < 1.29 is 19.4 Å². The summed E-state index contributed by atoms with van der Waals surface area (Å²) < 4.78 is 5.20.